The SMILES string of the molecule is CC(C)c1ncc(Cl)c(C(=O)NCc2ncn(C)n2)n1. The summed E-state index contributed by atoms with van der Waals surface area (Å²) in [5, 5.41) is 6.98. The fourth-order valence-electron chi connectivity index (χ4n) is 1.53. The molecule has 0 saturated carbocycles. The van der Waals surface area contributed by atoms with E-state index in [0.717, 1.165) is 0 Å². The van der Waals surface area contributed by atoms with Gasteiger partial charge in [0.05, 0.1) is 17.8 Å². The number of aryl methyl sites for hydroxylation is 1. The number of amides is 1. The highest BCUT2D eigenvalue weighted by Crippen LogP contribution is 2.16. The van der Waals surface area contributed by atoms with Gasteiger partial charge in [-0.3, -0.25) is 9.48 Å². The van der Waals surface area contributed by atoms with Crippen molar-refractivity contribution in [2.45, 2.75) is 26.3 Å². The molecule has 2 heterocycles. The molecule has 1 N–H and O–H groups in total. The van der Waals surface area contributed by atoms with Gasteiger partial charge in [0.2, 0.25) is 0 Å². The van der Waals surface area contributed by atoms with Gasteiger partial charge >= 0.3 is 0 Å². The Morgan fingerprint density at radius 1 is 1.45 bits per heavy atom. The van der Waals surface area contributed by atoms with Crippen molar-refractivity contribution in [3.8, 4) is 0 Å². The molecular weight excluding hydrogens is 280 g/mol. The number of halogens is 1. The molecule has 0 atom stereocenters. The Balaban J connectivity index is 2.10. The van der Waals surface area contributed by atoms with E-state index in [1.165, 1.54) is 6.20 Å². The van der Waals surface area contributed by atoms with Gasteiger partial charge in [-0.15, -0.1) is 0 Å². The van der Waals surface area contributed by atoms with Crippen LogP contribution in [0.4, 0.5) is 0 Å². The summed E-state index contributed by atoms with van der Waals surface area (Å²) < 4.78 is 1.57. The van der Waals surface area contributed by atoms with Crippen LogP contribution in [0.15, 0.2) is 12.5 Å². The Hall–Kier alpha value is -2.02. The van der Waals surface area contributed by atoms with Gasteiger partial charge < -0.3 is 5.32 Å². The second-order valence-corrected chi connectivity index (χ2v) is 5.00. The van der Waals surface area contributed by atoms with E-state index in [1.54, 1.807) is 18.1 Å². The molecule has 0 unspecified atom stereocenters. The van der Waals surface area contributed by atoms with Crippen LogP contribution in [0.3, 0.4) is 0 Å². The number of rotatable bonds is 4. The number of nitrogens with one attached hydrogen (secondary N) is 1. The lowest BCUT2D eigenvalue weighted by molar-refractivity contribution is 0.0944. The Morgan fingerprint density at radius 3 is 2.80 bits per heavy atom. The zero-order valence-corrected chi connectivity index (χ0v) is 12.2. The zero-order chi connectivity index (χ0) is 14.7. The highest BCUT2D eigenvalue weighted by Gasteiger charge is 2.15. The Labute approximate surface area is 121 Å². The van der Waals surface area contributed by atoms with Gasteiger partial charge in [-0.2, -0.15) is 5.10 Å². The standard InChI is InChI=1S/C12H15ClN6O/c1-7(2)11-14-4-8(13)10(17-11)12(20)15-5-9-16-6-19(3)18-9/h4,6-7H,5H2,1-3H3,(H,15,20). The average Bonchev–Trinajstić information content (AvgIpc) is 2.82. The molecular formula is C12H15ClN6O. The van der Waals surface area contributed by atoms with E-state index in [0.29, 0.717) is 11.6 Å². The number of hydrogen-bond donors (Lipinski definition) is 1. The largest absolute Gasteiger partial charge is 0.343 e. The van der Waals surface area contributed by atoms with Gasteiger partial charge in [-0.05, 0) is 0 Å². The molecule has 0 spiro atoms. The minimum Gasteiger partial charge on any atom is -0.343 e. The molecule has 0 aliphatic rings. The smallest absolute Gasteiger partial charge is 0.271 e. The summed E-state index contributed by atoms with van der Waals surface area (Å²) in [5.41, 5.74) is 0.168. The Morgan fingerprint density at radius 2 is 2.20 bits per heavy atom. The summed E-state index contributed by atoms with van der Waals surface area (Å²) in [6, 6.07) is 0. The van der Waals surface area contributed by atoms with E-state index < -0.39 is 0 Å². The molecule has 20 heavy (non-hydrogen) atoms. The first kappa shape index (κ1) is 14.4. The first-order valence-corrected chi connectivity index (χ1v) is 6.50. The fourth-order valence-corrected chi connectivity index (χ4v) is 1.70. The number of hydrogen-bond acceptors (Lipinski definition) is 5. The van der Waals surface area contributed by atoms with E-state index in [9.17, 15) is 4.79 Å². The highest BCUT2D eigenvalue weighted by atomic mass is 35.5. The molecule has 0 fully saturated rings. The van der Waals surface area contributed by atoms with Crippen LogP contribution in [0.5, 0.6) is 0 Å². The van der Waals surface area contributed by atoms with E-state index in [2.05, 4.69) is 25.4 Å². The van der Waals surface area contributed by atoms with Crippen LogP contribution in [-0.2, 0) is 13.6 Å². The lowest BCUT2D eigenvalue weighted by Crippen LogP contribution is -2.25. The molecule has 1 amide bonds. The molecule has 0 aromatic carbocycles. The highest BCUT2D eigenvalue weighted by molar-refractivity contribution is 6.33. The molecule has 0 radical (unpaired) electrons. The van der Waals surface area contributed by atoms with Crippen LogP contribution in [0.1, 0.15) is 41.9 Å². The van der Waals surface area contributed by atoms with Crippen molar-refractivity contribution < 1.29 is 4.79 Å². The predicted octanol–water partition coefficient (Wildman–Crippen LogP) is 1.31. The van der Waals surface area contributed by atoms with Gasteiger partial charge in [0.15, 0.2) is 5.82 Å². The minimum absolute atomic E-state index is 0.122. The summed E-state index contributed by atoms with van der Waals surface area (Å²) in [4.78, 5) is 24.4. The molecule has 8 heteroatoms. The molecule has 106 valence electrons. The third-order valence-corrected chi connectivity index (χ3v) is 2.82. The molecule has 0 aliphatic carbocycles. The van der Waals surface area contributed by atoms with Gasteiger partial charge in [0, 0.05) is 13.0 Å². The second kappa shape index (κ2) is 5.96. The zero-order valence-electron chi connectivity index (χ0n) is 11.5. The van der Waals surface area contributed by atoms with Crippen molar-refractivity contribution in [2.75, 3.05) is 0 Å². The molecule has 2 aromatic heterocycles. The maximum Gasteiger partial charge on any atom is 0.271 e. The van der Waals surface area contributed by atoms with Crippen molar-refractivity contribution in [1.29, 1.82) is 0 Å². The van der Waals surface area contributed by atoms with Crippen LogP contribution >= 0.6 is 11.6 Å². The summed E-state index contributed by atoms with van der Waals surface area (Å²) in [6.07, 6.45) is 3.01. The lowest BCUT2D eigenvalue weighted by atomic mass is 10.2. The third kappa shape index (κ3) is 3.30. The van der Waals surface area contributed by atoms with Crippen LogP contribution in [0.2, 0.25) is 5.02 Å². The molecule has 0 saturated heterocycles. The first-order valence-electron chi connectivity index (χ1n) is 6.12. The van der Waals surface area contributed by atoms with Gasteiger partial charge in [0.25, 0.3) is 5.91 Å². The topological polar surface area (TPSA) is 85.6 Å². The molecule has 2 rings (SSSR count). The van der Waals surface area contributed by atoms with E-state index in [4.69, 9.17) is 11.6 Å². The Kier molecular flexibility index (Phi) is 4.29. The van der Waals surface area contributed by atoms with Gasteiger partial charge in [-0.25, -0.2) is 15.0 Å². The summed E-state index contributed by atoms with van der Waals surface area (Å²) >= 11 is 5.96. The normalized spacial score (nSPS) is 10.8. The fraction of sp³-hybridized carbons (Fsp3) is 0.417. The summed E-state index contributed by atoms with van der Waals surface area (Å²) in [7, 11) is 1.76. The summed E-state index contributed by atoms with van der Waals surface area (Å²) in [6.45, 7) is 4.11. The first-order chi connectivity index (χ1) is 9.47. The number of nitrogens with zero attached hydrogens (tertiary/aromatic N) is 5. The maximum atomic E-state index is 12.1. The predicted molar refractivity (Wildman–Crippen MR) is 73.3 cm³/mol. The van der Waals surface area contributed by atoms with Crippen molar-refractivity contribution >= 4 is 17.5 Å². The number of carbonyl (C=O) groups excluding carboxylic acids is 1. The molecule has 0 aliphatic heterocycles. The van der Waals surface area contributed by atoms with Crippen molar-refractivity contribution in [2.24, 2.45) is 7.05 Å². The van der Waals surface area contributed by atoms with Gasteiger partial charge in [-0.1, -0.05) is 25.4 Å². The monoisotopic (exact) mass is 294 g/mol. The van der Waals surface area contributed by atoms with Crippen LogP contribution < -0.4 is 5.32 Å². The van der Waals surface area contributed by atoms with Crippen molar-refractivity contribution in [3.63, 3.8) is 0 Å². The molecule has 2 aromatic rings. The molecule has 7 nitrogen and oxygen atoms in total. The third-order valence-electron chi connectivity index (χ3n) is 2.55. The van der Waals surface area contributed by atoms with Crippen LogP contribution in [0, 0.1) is 0 Å². The Bertz CT molecular complexity index is 624. The average molecular weight is 295 g/mol. The van der Waals surface area contributed by atoms with E-state index >= 15 is 0 Å². The van der Waals surface area contributed by atoms with Crippen LogP contribution in [0.25, 0.3) is 0 Å². The van der Waals surface area contributed by atoms with Crippen molar-refractivity contribution in [1.82, 2.24) is 30.0 Å². The number of aromatic nitrogens is 5. The lowest BCUT2D eigenvalue weighted by Gasteiger charge is -2.08. The second-order valence-electron chi connectivity index (χ2n) is 4.60. The van der Waals surface area contributed by atoms with Crippen LogP contribution in [-0.4, -0.2) is 30.6 Å². The minimum atomic E-state index is -0.369. The molecule has 0 bridgehead atoms. The van der Waals surface area contributed by atoms with E-state index in [1.807, 2.05) is 13.8 Å². The maximum absolute atomic E-state index is 12.1. The van der Waals surface area contributed by atoms with Gasteiger partial charge in [0.1, 0.15) is 17.8 Å². The van der Waals surface area contributed by atoms with E-state index in [-0.39, 0.29) is 29.1 Å². The quantitative estimate of drug-likeness (QED) is 0.919. The number of carbonyl (C=O) groups is 1. The van der Waals surface area contributed by atoms with Crippen molar-refractivity contribution in [3.05, 3.63) is 34.9 Å². The summed E-state index contributed by atoms with van der Waals surface area (Å²) in [5.74, 6) is 0.855.